The number of ether oxygens (including phenoxy) is 1. The summed E-state index contributed by atoms with van der Waals surface area (Å²) < 4.78 is 30.9. The summed E-state index contributed by atoms with van der Waals surface area (Å²) in [5.74, 6) is -1.41. The number of hydrogen-bond donors (Lipinski definition) is 0. The van der Waals surface area contributed by atoms with E-state index in [1.54, 1.807) is 19.3 Å². The smallest absolute Gasteiger partial charge is 0.178 e. The van der Waals surface area contributed by atoms with Crippen molar-refractivity contribution in [1.29, 1.82) is 0 Å². The lowest BCUT2D eigenvalue weighted by atomic mass is 10.1. The van der Waals surface area contributed by atoms with E-state index in [0.717, 1.165) is 17.7 Å². The third-order valence-electron chi connectivity index (χ3n) is 2.92. The second-order valence-electron chi connectivity index (χ2n) is 4.52. The summed E-state index contributed by atoms with van der Waals surface area (Å²) in [6, 6.07) is 10.7. The van der Waals surface area contributed by atoms with Crippen LogP contribution >= 0.6 is 0 Å². The van der Waals surface area contributed by atoms with Crippen molar-refractivity contribution in [2.45, 2.75) is 0 Å². The van der Waals surface area contributed by atoms with Crippen molar-refractivity contribution in [2.24, 2.45) is 0 Å². The molecule has 0 aliphatic heterocycles. The Hall–Kier alpha value is -2.75. The predicted octanol–water partition coefficient (Wildman–Crippen LogP) is 4.27. The quantitative estimate of drug-likeness (QED) is 0.771. The fourth-order valence-corrected chi connectivity index (χ4v) is 1.77. The highest BCUT2D eigenvalue weighted by Gasteiger charge is 2.00. The van der Waals surface area contributed by atoms with Gasteiger partial charge in [-0.3, -0.25) is 4.79 Å². The van der Waals surface area contributed by atoms with Gasteiger partial charge >= 0.3 is 0 Å². The van der Waals surface area contributed by atoms with Gasteiger partial charge in [-0.05, 0) is 47.5 Å². The lowest BCUT2D eigenvalue weighted by Gasteiger charge is -1.99. The van der Waals surface area contributed by atoms with E-state index in [1.165, 1.54) is 24.3 Å². The Bertz CT molecular complexity index is 734. The molecule has 0 saturated heterocycles. The SMILES string of the molecule is COc1cccc(/C=C/C(=O)/C=C/c2ccc(F)c(F)c2)c1. The molecule has 0 aromatic heterocycles. The van der Waals surface area contributed by atoms with Gasteiger partial charge in [-0.1, -0.05) is 30.4 Å². The normalized spacial score (nSPS) is 11.2. The second-order valence-corrected chi connectivity index (χ2v) is 4.52. The highest BCUT2D eigenvalue weighted by Crippen LogP contribution is 2.14. The fourth-order valence-electron chi connectivity index (χ4n) is 1.77. The minimum Gasteiger partial charge on any atom is -0.497 e. The van der Waals surface area contributed by atoms with Crippen molar-refractivity contribution < 1.29 is 18.3 Å². The van der Waals surface area contributed by atoms with Crippen molar-refractivity contribution in [2.75, 3.05) is 7.11 Å². The number of benzene rings is 2. The van der Waals surface area contributed by atoms with Crippen molar-refractivity contribution in [3.63, 3.8) is 0 Å². The predicted molar refractivity (Wildman–Crippen MR) is 82.4 cm³/mol. The fraction of sp³-hybridized carbons (Fsp3) is 0.0556. The summed E-state index contributed by atoms with van der Waals surface area (Å²) in [6.07, 6.45) is 5.77. The maximum absolute atomic E-state index is 13.0. The minimum absolute atomic E-state index is 0.257. The van der Waals surface area contributed by atoms with Gasteiger partial charge in [0.25, 0.3) is 0 Å². The first-order chi connectivity index (χ1) is 10.6. The maximum Gasteiger partial charge on any atom is 0.178 e. The number of carbonyl (C=O) groups excluding carboxylic acids is 1. The molecule has 4 heteroatoms. The molecule has 0 atom stereocenters. The molecule has 2 aromatic rings. The van der Waals surface area contributed by atoms with E-state index in [1.807, 2.05) is 18.2 Å². The van der Waals surface area contributed by atoms with Crippen LogP contribution in [0.3, 0.4) is 0 Å². The first kappa shape index (κ1) is 15.6. The number of hydrogen-bond acceptors (Lipinski definition) is 2. The third-order valence-corrected chi connectivity index (χ3v) is 2.92. The molecule has 2 nitrogen and oxygen atoms in total. The van der Waals surface area contributed by atoms with Crippen molar-refractivity contribution in [3.8, 4) is 5.75 Å². The molecular weight excluding hydrogens is 286 g/mol. The van der Waals surface area contributed by atoms with Crippen molar-refractivity contribution >= 4 is 17.9 Å². The Balaban J connectivity index is 2.03. The Morgan fingerprint density at radius 2 is 1.64 bits per heavy atom. The van der Waals surface area contributed by atoms with Crippen LogP contribution < -0.4 is 4.74 Å². The van der Waals surface area contributed by atoms with Gasteiger partial charge in [0.05, 0.1) is 7.11 Å². The van der Waals surface area contributed by atoms with Crippen LogP contribution in [-0.4, -0.2) is 12.9 Å². The summed E-state index contributed by atoms with van der Waals surface area (Å²) >= 11 is 0. The van der Waals surface area contributed by atoms with Crippen LogP contribution in [0, 0.1) is 11.6 Å². The van der Waals surface area contributed by atoms with Gasteiger partial charge in [0.15, 0.2) is 17.4 Å². The van der Waals surface area contributed by atoms with E-state index in [4.69, 9.17) is 4.74 Å². The molecule has 0 unspecified atom stereocenters. The summed E-state index contributed by atoms with van der Waals surface area (Å²) in [5.41, 5.74) is 1.25. The molecule has 112 valence electrons. The van der Waals surface area contributed by atoms with Gasteiger partial charge in [0, 0.05) is 0 Å². The average Bonchev–Trinajstić information content (AvgIpc) is 2.54. The summed E-state index contributed by atoms with van der Waals surface area (Å²) in [5, 5.41) is 0. The number of methoxy groups -OCH3 is 1. The molecule has 0 spiro atoms. The number of halogens is 2. The van der Waals surface area contributed by atoms with Crippen LogP contribution in [-0.2, 0) is 4.79 Å². The Labute approximate surface area is 127 Å². The van der Waals surface area contributed by atoms with Crippen LogP contribution in [0.2, 0.25) is 0 Å². The largest absolute Gasteiger partial charge is 0.497 e. The highest BCUT2D eigenvalue weighted by atomic mass is 19.2. The molecule has 0 bridgehead atoms. The lowest BCUT2D eigenvalue weighted by molar-refractivity contribution is -0.110. The van der Waals surface area contributed by atoms with Gasteiger partial charge in [-0.15, -0.1) is 0 Å². The average molecular weight is 300 g/mol. The minimum atomic E-state index is -0.943. The molecule has 2 rings (SSSR count). The molecule has 0 radical (unpaired) electrons. The number of rotatable bonds is 5. The van der Waals surface area contributed by atoms with Crippen LogP contribution in [0.4, 0.5) is 8.78 Å². The van der Waals surface area contributed by atoms with Crippen LogP contribution in [0.5, 0.6) is 5.75 Å². The van der Waals surface area contributed by atoms with Crippen molar-refractivity contribution in [1.82, 2.24) is 0 Å². The first-order valence-corrected chi connectivity index (χ1v) is 6.58. The van der Waals surface area contributed by atoms with E-state index in [2.05, 4.69) is 0 Å². The summed E-state index contributed by atoms with van der Waals surface area (Å²) in [4.78, 5) is 11.7. The standard InChI is InChI=1S/C18H14F2O2/c1-22-16-4-2-3-13(11-16)5-8-15(21)9-6-14-7-10-17(19)18(20)12-14/h2-12H,1H3/b8-5+,9-6+. The van der Waals surface area contributed by atoms with E-state index in [9.17, 15) is 13.6 Å². The molecule has 22 heavy (non-hydrogen) atoms. The molecular formula is C18H14F2O2. The zero-order valence-corrected chi connectivity index (χ0v) is 11.9. The van der Waals surface area contributed by atoms with E-state index < -0.39 is 11.6 Å². The van der Waals surface area contributed by atoms with E-state index >= 15 is 0 Å². The monoisotopic (exact) mass is 300 g/mol. The first-order valence-electron chi connectivity index (χ1n) is 6.58. The molecule has 0 amide bonds. The van der Waals surface area contributed by atoms with Gasteiger partial charge in [0.1, 0.15) is 5.75 Å². The third kappa shape index (κ3) is 4.38. The second kappa shape index (κ2) is 7.31. The number of carbonyl (C=O) groups is 1. The van der Waals surface area contributed by atoms with Crippen molar-refractivity contribution in [3.05, 3.63) is 77.4 Å². The van der Waals surface area contributed by atoms with E-state index in [-0.39, 0.29) is 5.78 Å². The zero-order valence-electron chi connectivity index (χ0n) is 11.9. The van der Waals surface area contributed by atoms with Gasteiger partial charge in [0.2, 0.25) is 0 Å². The van der Waals surface area contributed by atoms with Crippen LogP contribution in [0.25, 0.3) is 12.2 Å². The molecule has 0 saturated carbocycles. The molecule has 0 aliphatic carbocycles. The topological polar surface area (TPSA) is 26.3 Å². The molecule has 0 fully saturated rings. The van der Waals surface area contributed by atoms with Gasteiger partial charge in [-0.25, -0.2) is 8.78 Å². The van der Waals surface area contributed by atoms with E-state index in [0.29, 0.717) is 11.3 Å². The summed E-state index contributed by atoms with van der Waals surface area (Å²) in [6.45, 7) is 0. The molecule has 2 aromatic carbocycles. The van der Waals surface area contributed by atoms with Gasteiger partial charge in [-0.2, -0.15) is 0 Å². The number of allylic oxidation sites excluding steroid dienone is 2. The highest BCUT2D eigenvalue weighted by molar-refractivity contribution is 6.04. The maximum atomic E-state index is 13.0. The zero-order chi connectivity index (χ0) is 15.9. The summed E-state index contributed by atoms with van der Waals surface area (Å²) in [7, 11) is 1.57. The Morgan fingerprint density at radius 1 is 0.955 bits per heavy atom. The lowest BCUT2D eigenvalue weighted by Crippen LogP contribution is -1.87. The molecule has 0 aliphatic rings. The van der Waals surface area contributed by atoms with Crippen LogP contribution in [0.15, 0.2) is 54.6 Å². The van der Waals surface area contributed by atoms with Crippen LogP contribution in [0.1, 0.15) is 11.1 Å². The Kier molecular flexibility index (Phi) is 5.20. The number of ketones is 1. The Morgan fingerprint density at radius 3 is 2.27 bits per heavy atom. The molecule has 0 heterocycles. The van der Waals surface area contributed by atoms with Gasteiger partial charge < -0.3 is 4.74 Å². The molecule has 0 N–H and O–H groups in total.